The molecule has 1 aliphatic heterocycles. The van der Waals surface area contributed by atoms with Crippen LogP contribution in [0.1, 0.15) is 23.7 Å². The van der Waals surface area contributed by atoms with Gasteiger partial charge in [-0.2, -0.15) is 22.5 Å². The molecule has 2 atom stereocenters. The van der Waals surface area contributed by atoms with Gasteiger partial charge in [-0.05, 0) is 31.5 Å². The maximum absolute atomic E-state index is 12.8. The summed E-state index contributed by atoms with van der Waals surface area (Å²) < 4.78 is 30.2. The Bertz CT molecular complexity index is 991. The number of hydrogen-bond acceptors (Lipinski definition) is 5. The summed E-state index contributed by atoms with van der Waals surface area (Å²) >= 11 is 5.90. The Morgan fingerprint density at radius 1 is 1.41 bits per heavy atom. The largest absolute Gasteiger partial charge is 0.506 e. The van der Waals surface area contributed by atoms with Crippen LogP contribution in [0, 0.1) is 6.92 Å². The summed E-state index contributed by atoms with van der Waals surface area (Å²) in [5, 5.41) is 16.9. The predicted molar refractivity (Wildman–Crippen MR) is 101 cm³/mol. The number of rotatable bonds is 3. The molecule has 3 N–H and O–H groups in total. The number of benzene rings is 1. The maximum Gasteiger partial charge on any atom is 0.280 e. The summed E-state index contributed by atoms with van der Waals surface area (Å²) in [6, 6.07) is 2.66. The quantitative estimate of drug-likeness (QED) is 0.656. The minimum absolute atomic E-state index is 0.117. The van der Waals surface area contributed by atoms with E-state index in [1.807, 2.05) is 6.92 Å². The normalized spacial score (nSPS) is 22.5. The third kappa shape index (κ3) is 3.79. The summed E-state index contributed by atoms with van der Waals surface area (Å²) in [4.78, 5) is 12.8. The molecule has 1 aliphatic rings. The van der Waals surface area contributed by atoms with Crippen molar-refractivity contribution in [1.82, 2.24) is 18.8 Å². The number of hydrogen-bond donors (Lipinski definition) is 3. The van der Waals surface area contributed by atoms with E-state index in [9.17, 15) is 18.3 Å². The van der Waals surface area contributed by atoms with Gasteiger partial charge < -0.3 is 10.4 Å². The van der Waals surface area contributed by atoms with Crippen LogP contribution in [0.3, 0.4) is 0 Å². The number of carbonyl (C=O) groups excluding carboxylic acids is 1. The molecule has 0 saturated carbocycles. The van der Waals surface area contributed by atoms with Crippen LogP contribution in [0.25, 0.3) is 0 Å². The van der Waals surface area contributed by atoms with Gasteiger partial charge >= 0.3 is 0 Å². The average Bonchev–Trinajstić information content (AvgIpc) is 2.92. The van der Waals surface area contributed by atoms with E-state index in [0.717, 1.165) is 10.00 Å². The van der Waals surface area contributed by atoms with E-state index in [0.29, 0.717) is 10.6 Å². The number of phenolic OH excluding ortho intramolecular Hbond substituents is 1. The van der Waals surface area contributed by atoms with Crippen molar-refractivity contribution in [3.05, 3.63) is 40.7 Å². The highest BCUT2D eigenvalue weighted by Gasteiger charge is 2.41. The number of carbonyl (C=O) groups is 1. The molecular weight excluding hydrogens is 394 g/mol. The second-order valence-corrected chi connectivity index (χ2v) is 8.60. The van der Waals surface area contributed by atoms with E-state index in [2.05, 4.69) is 15.1 Å². The molecule has 1 amide bonds. The molecule has 11 heteroatoms. The van der Waals surface area contributed by atoms with Gasteiger partial charge in [-0.3, -0.25) is 9.48 Å². The maximum atomic E-state index is 12.8. The molecule has 9 nitrogen and oxygen atoms in total. The second-order valence-electron chi connectivity index (χ2n) is 6.40. The van der Waals surface area contributed by atoms with Crippen molar-refractivity contribution < 1.29 is 18.3 Å². The highest BCUT2D eigenvalue weighted by atomic mass is 35.5. The number of aryl methyl sites for hydroxylation is 1. The summed E-state index contributed by atoms with van der Waals surface area (Å²) in [5.74, 6) is -0.724. The van der Waals surface area contributed by atoms with Crippen molar-refractivity contribution in [1.29, 1.82) is 0 Å². The van der Waals surface area contributed by atoms with Gasteiger partial charge in [-0.1, -0.05) is 11.6 Å². The molecule has 0 unspecified atom stereocenters. The smallest absolute Gasteiger partial charge is 0.280 e. The van der Waals surface area contributed by atoms with E-state index in [1.165, 1.54) is 25.2 Å². The molecule has 3 rings (SSSR count). The summed E-state index contributed by atoms with van der Waals surface area (Å²) in [6.07, 6.45) is 1.79. The summed E-state index contributed by atoms with van der Waals surface area (Å²) in [7, 11) is -0.786. The number of halogens is 1. The molecule has 1 saturated heterocycles. The second kappa shape index (κ2) is 7.12. The van der Waals surface area contributed by atoms with Gasteiger partial charge in [-0.15, -0.1) is 0 Å². The van der Waals surface area contributed by atoms with Crippen LogP contribution in [0.2, 0.25) is 5.02 Å². The Morgan fingerprint density at radius 3 is 2.74 bits per heavy atom. The number of amides is 1. The first-order valence-electron chi connectivity index (χ1n) is 8.13. The monoisotopic (exact) mass is 413 g/mol. The van der Waals surface area contributed by atoms with Crippen LogP contribution in [0.15, 0.2) is 24.4 Å². The average molecular weight is 414 g/mol. The molecule has 27 heavy (non-hydrogen) atoms. The molecule has 1 aromatic heterocycles. The fourth-order valence-corrected chi connectivity index (χ4v) is 4.43. The number of likely N-dealkylation sites (N-methyl/N-ethyl adjacent to an activating group) is 1. The Labute approximate surface area is 162 Å². The van der Waals surface area contributed by atoms with Crippen molar-refractivity contribution in [2.45, 2.75) is 25.4 Å². The van der Waals surface area contributed by atoms with Gasteiger partial charge in [0.15, 0.2) is 0 Å². The Hall–Kier alpha value is -2.14. The van der Waals surface area contributed by atoms with Crippen LogP contribution in [-0.2, 0) is 22.1 Å². The van der Waals surface area contributed by atoms with E-state index >= 15 is 0 Å². The first-order valence-corrected chi connectivity index (χ1v) is 9.95. The fourth-order valence-electron chi connectivity index (χ4n) is 3.00. The first kappa shape index (κ1) is 19.6. The Morgan fingerprint density at radius 2 is 2.11 bits per heavy atom. The Balaban J connectivity index is 1.89. The highest BCUT2D eigenvalue weighted by molar-refractivity contribution is 7.87. The van der Waals surface area contributed by atoms with Crippen molar-refractivity contribution in [3.8, 4) is 5.75 Å². The van der Waals surface area contributed by atoms with Crippen LogP contribution in [0.4, 0.5) is 5.69 Å². The van der Waals surface area contributed by atoms with Crippen molar-refractivity contribution in [2.75, 3.05) is 12.4 Å². The van der Waals surface area contributed by atoms with Gasteiger partial charge in [-0.25, -0.2) is 0 Å². The van der Waals surface area contributed by atoms with E-state index < -0.39 is 28.2 Å². The molecule has 1 aromatic carbocycles. The number of aromatic nitrogens is 2. The summed E-state index contributed by atoms with van der Waals surface area (Å²) in [6.45, 7) is 1.83. The number of nitrogens with one attached hydrogen (secondary N) is 2. The molecule has 0 radical (unpaired) electrons. The predicted octanol–water partition coefficient (Wildman–Crippen LogP) is 1.31. The fraction of sp³-hybridized carbons (Fsp3) is 0.375. The van der Waals surface area contributed by atoms with Gasteiger partial charge in [0.2, 0.25) is 5.91 Å². The molecule has 0 aliphatic carbocycles. The zero-order valence-corrected chi connectivity index (χ0v) is 16.5. The molecule has 0 bridgehead atoms. The molecule has 2 aromatic rings. The molecular formula is C16H20ClN5O4S. The number of anilines is 1. The van der Waals surface area contributed by atoms with Crippen LogP contribution in [0.5, 0.6) is 5.75 Å². The Kier molecular flexibility index (Phi) is 5.17. The van der Waals surface area contributed by atoms with Crippen LogP contribution >= 0.6 is 11.6 Å². The van der Waals surface area contributed by atoms with E-state index in [4.69, 9.17) is 11.6 Å². The zero-order chi connectivity index (χ0) is 19.9. The topological polar surface area (TPSA) is 117 Å². The zero-order valence-electron chi connectivity index (χ0n) is 15.0. The minimum Gasteiger partial charge on any atom is -0.506 e. The van der Waals surface area contributed by atoms with E-state index in [1.54, 1.807) is 17.9 Å². The number of nitrogens with zero attached hydrogens (tertiary/aromatic N) is 3. The van der Waals surface area contributed by atoms with E-state index in [-0.39, 0.29) is 17.9 Å². The first-order chi connectivity index (χ1) is 12.6. The van der Waals surface area contributed by atoms with Crippen LogP contribution < -0.4 is 10.0 Å². The SMILES string of the molecule is Cc1c([C@H]2C[C@H](C(=O)Nc3cc(Cl)ccc3O)N(C)S(=O)(=O)N2)cnn1C. The molecule has 0 spiro atoms. The number of phenols is 1. The lowest BCUT2D eigenvalue weighted by atomic mass is 10.00. The lowest BCUT2D eigenvalue weighted by molar-refractivity contribution is -0.120. The third-order valence-electron chi connectivity index (χ3n) is 4.74. The lowest BCUT2D eigenvalue weighted by Crippen LogP contribution is -2.56. The van der Waals surface area contributed by atoms with Gasteiger partial charge in [0.25, 0.3) is 10.2 Å². The summed E-state index contributed by atoms with van der Waals surface area (Å²) in [5.41, 5.74) is 1.63. The van der Waals surface area contributed by atoms with Crippen molar-refractivity contribution >= 4 is 33.4 Å². The van der Waals surface area contributed by atoms with Crippen molar-refractivity contribution in [2.24, 2.45) is 7.05 Å². The molecule has 2 heterocycles. The molecule has 146 valence electrons. The lowest BCUT2D eigenvalue weighted by Gasteiger charge is -2.36. The van der Waals surface area contributed by atoms with Gasteiger partial charge in [0.1, 0.15) is 11.8 Å². The molecule has 1 fully saturated rings. The third-order valence-corrected chi connectivity index (χ3v) is 6.57. The standard InChI is InChI=1S/C16H20ClN5O4S/c1-9-11(8-18-21(9)2)12-7-14(22(3)27(25,26)20-12)16(24)19-13-6-10(17)4-5-15(13)23/h4-6,8,12,14,20,23H,7H2,1-3H3,(H,19,24)/t12-,14-/m1/s1. The van der Waals surface area contributed by atoms with Gasteiger partial charge in [0, 0.05) is 30.4 Å². The van der Waals surface area contributed by atoms with Crippen LogP contribution in [-0.4, -0.2) is 46.6 Å². The number of aromatic hydroxyl groups is 1. The minimum atomic E-state index is -3.87. The highest BCUT2D eigenvalue weighted by Crippen LogP contribution is 2.31. The van der Waals surface area contributed by atoms with Crippen molar-refractivity contribution in [3.63, 3.8) is 0 Å². The van der Waals surface area contributed by atoms with Gasteiger partial charge in [0.05, 0.1) is 17.9 Å².